The van der Waals surface area contributed by atoms with Gasteiger partial charge in [-0.3, -0.25) is 14.6 Å². The Labute approximate surface area is 186 Å². The Bertz CT molecular complexity index is 772. The summed E-state index contributed by atoms with van der Waals surface area (Å²) < 4.78 is 16.5. The Hall–Kier alpha value is -2.25. The number of hydrogen-bond donors (Lipinski definition) is 0. The number of ether oxygens (including phenoxy) is 3. The van der Waals surface area contributed by atoms with E-state index in [4.69, 9.17) is 14.2 Å². The van der Waals surface area contributed by atoms with Gasteiger partial charge in [0.2, 0.25) is 11.7 Å². The number of rotatable bonds is 9. The van der Waals surface area contributed by atoms with Crippen LogP contribution in [-0.4, -0.2) is 81.2 Å². The van der Waals surface area contributed by atoms with Crippen LogP contribution in [0.1, 0.15) is 38.2 Å². The van der Waals surface area contributed by atoms with Crippen LogP contribution in [0.15, 0.2) is 23.9 Å². The first-order valence-corrected chi connectivity index (χ1v) is 11.3. The van der Waals surface area contributed by atoms with Crippen LogP contribution in [0.3, 0.4) is 0 Å². The molecule has 0 unspecified atom stereocenters. The summed E-state index contributed by atoms with van der Waals surface area (Å²) >= 11 is 0. The topological polar surface area (TPSA) is 54.5 Å². The van der Waals surface area contributed by atoms with Gasteiger partial charge in [0.1, 0.15) is 0 Å². The zero-order chi connectivity index (χ0) is 22.2. The van der Waals surface area contributed by atoms with E-state index in [1.807, 2.05) is 17.0 Å². The van der Waals surface area contributed by atoms with Crippen molar-refractivity contribution in [2.75, 3.05) is 60.6 Å². The van der Waals surface area contributed by atoms with E-state index in [0.29, 0.717) is 18.0 Å². The first-order valence-electron chi connectivity index (χ1n) is 11.3. The predicted octanol–water partition coefficient (Wildman–Crippen LogP) is 3.14. The van der Waals surface area contributed by atoms with Crippen molar-refractivity contribution in [1.29, 1.82) is 0 Å². The van der Waals surface area contributed by atoms with E-state index < -0.39 is 0 Å². The molecule has 0 bridgehead atoms. The Balaban J connectivity index is 1.55. The largest absolute Gasteiger partial charge is 0.493 e. The van der Waals surface area contributed by atoms with Gasteiger partial charge in [-0.15, -0.1) is 0 Å². The summed E-state index contributed by atoms with van der Waals surface area (Å²) in [6.07, 6.45) is 6.80. The van der Waals surface area contributed by atoms with Crippen LogP contribution in [0.25, 0.3) is 0 Å². The Kier molecular flexibility index (Phi) is 8.60. The molecule has 31 heavy (non-hydrogen) atoms. The van der Waals surface area contributed by atoms with Crippen molar-refractivity contribution in [3.8, 4) is 17.2 Å². The number of carbonyl (C=O) groups excluding carboxylic acids is 1. The molecule has 0 spiro atoms. The van der Waals surface area contributed by atoms with Crippen LogP contribution in [0, 0.1) is 0 Å². The monoisotopic (exact) mass is 431 g/mol. The Morgan fingerprint density at radius 1 is 0.968 bits per heavy atom. The number of likely N-dealkylation sites (N-methyl/N-ethyl adjacent to an activating group) is 1. The average molecular weight is 432 g/mol. The highest BCUT2D eigenvalue weighted by molar-refractivity contribution is 5.80. The van der Waals surface area contributed by atoms with Crippen LogP contribution >= 0.6 is 0 Å². The lowest BCUT2D eigenvalue weighted by Gasteiger charge is -2.36. The lowest BCUT2D eigenvalue weighted by Crippen LogP contribution is -2.49. The fourth-order valence-electron chi connectivity index (χ4n) is 4.52. The minimum atomic E-state index is 0.227. The maximum atomic E-state index is 12.9. The molecule has 0 saturated carbocycles. The maximum absolute atomic E-state index is 12.9. The van der Waals surface area contributed by atoms with Crippen molar-refractivity contribution in [3.05, 3.63) is 29.5 Å². The van der Waals surface area contributed by atoms with E-state index in [-0.39, 0.29) is 5.91 Å². The smallest absolute Gasteiger partial charge is 0.240 e. The third-order valence-electron chi connectivity index (χ3n) is 6.23. The van der Waals surface area contributed by atoms with Crippen LogP contribution in [0.4, 0.5) is 0 Å². The quantitative estimate of drug-likeness (QED) is 0.599. The molecule has 1 saturated heterocycles. The molecule has 0 radical (unpaired) electrons. The van der Waals surface area contributed by atoms with Gasteiger partial charge < -0.3 is 19.1 Å². The SMILES string of the molecule is CCN(C(=O)CN1CCN(Cc2ccc(OC)c(OC)c2OC)CC1)C1=CCCCC1. The fourth-order valence-corrected chi connectivity index (χ4v) is 4.52. The van der Waals surface area contributed by atoms with Crippen molar-refractivity contribution < 1.29 is 19.0 Å². The summed E-state index contributed by atoms with van der Waals surface area (Å²) in [6.45, 7) is 7.71. The number of methoxy groups -OCH3 is 3. The molecule has 1 aromatic carbocycles. The van der Waals surface area contributed by atoms with Gasteiger partial charge in [0.15, 0.2) is 11.5 Å². The number of amides is 1. The summed E-state index contributed by atoms with van der Waals surface area (Å²) in [5.74, 6) is 2.24. The summed E-state index contributed by atoms with van der Waals surface area (Å²) in [4.78, 5) is 19.6. The minimum Gasteiger partial charge on any atom is -0.493 e. The van der Waals surface area contributed by atoms with E-state index in [1.165, 1.54) is 18.5 Å². The molecular formula is C24H37N3O4. The van der Waals surface area contributed by atoms with E-state index in [9.17, 15) is 4.79 Å². The van der Waals surface area contributed by atoms with Gasteiger partial charge in [0.05, 0.1) is 27.9 Å². The molecule has 1 aliphatic heterocycles. The molecule has 0 aromatic heterocycles. The summed E-state index contributed by atoms with van der Waals surface area (Å²) in [7, 11) is 4.91. The number of benzene rings is 1. The second-order valence-corrected chi connectivity index (χ2v) is 8.12. The molecule has 7 heteroatoms. The van der Waals surface area contributed by atoms with Crippen LogP contribution in [0.2, 0.25) is 0 Å². The number of piperazine rings is 1. The van der Waals surface area contributed by atoms with Crippen LogP contribution in [0.5, 0.6) is 17.2 Å². The second kappa shape index (κ2) is 11.4. The van der Waals surface area contributed by atoms with Gasteiger partial charge in [-0.25, -0.2) is 0 Å². The number of carbonyl (C=O) groups is 1. The Morgan fingerprint density at radius 3 is 2.26 bits per heavy atom. The molecule has 1 fully saturated rings. The number of nitrogens with zero attached hydrogens (tertiary/aromatic N) is 3. The normalized spacial score (nSPS) is 17.7. The summed E-state index contributed by atoms with van der Waals surface area (Å²) in [5, 5.41) is 0. The third kappa shape index (κ3) is 5.71. The van der Waals surface area contributed by atoms with Crippen molar-refractivity contribution >= 4 is 5.91 Å². The van der Waals surface area contributed by atoms with Crippen LogP contribution < -0.4 is 14.2 Å². The predicted molar refractivity (Wildman–Crippen MR) is 122 cm³/mol. The Morgan fingerprint density at radius 2 is 1.68 bits per heavy atom. The van der Waals surface area contributed by atoms with E-state index >= 15 is 0 Å². The lowest BCUT2D eigenvalue weighted by atomic mass is 10.0. The van der Waals surface area contributed by atoms with Crippen molar-refractivity contribution in [2.45, 2.75) is 39.2 Å². The van der Waals surface area contributed by atoms with Gasteiger partial charge in [0.25, 0.3) is 0 Å². The number of allylic oxidation sites excluding steroid dienone is 2. The van der Waals surface area contributed by atoms with Gasteiger partial charge in [-0.05, 0) is 38.7 Å². The highest BCUT2D eigenvalue weighted by atomic mass is 16.5. The van der Waals surface area contributed by atoms with E-state index in [1.54, 1.807) is 21.3 Å². The summed E-state index contributed by atoms with van der Waals surface area (Å²) in [5.41, 5.74) is 2.30. The van der Waals surface area contributed by atoms with Gasteiger partial charge in [-0.2, -0.15) is 0 Å². The van der Waals surface area contributed by atoms with Crippen LogP contribution in [-0.2, 0) is 11.3 Å². The van der Waals surface area contributed by atoms with Gasteiger partial charge in [-0.1, -0.05) is 12.1 Å². The molecule has 1 aliphatic carbocycles. The van der Waals surface area contributed by atoms with Gasteiger partial charge in [0, 0.05) is 50.5 Å². The third-order valence-corrected chi connectivity index (χ3v) is 6.23. The van der Waals surface area contributed by atoms with Crippen molar-refractivity contribution in [1.82, 2.24) is 14.7 Å². The minimum absolute atomic E-state index is 0.227. The summed E-state index contributed by atoms with van der Waals surface area (Å²) in [6, 6.07) is 3.96. The van der Waals surface area contributed by atoms with E-state index in [0.717, 1.165) is 63.4 Å². The molecule has 1 aromatic rings. The molecule has 2 aliphatic rings. The highest BCUT2D eigenvalue weighted by Crippen LogP contribution is 2.40. The lowest BCUT2D eigenvalue weighted by molar-refractivity contribution is -0.131. The molecule has 7 nitrogen and oxygen atoms in total. The molecule has 1 amide bonds. The molecule has 0 N–H and O–H groups in total. The zero-order valence-corrected chi connectivity index (χ0v) is 19.5. The molecule has 0 atom stereocenters. The van der Waals surface area contributed by atoms with Crippen molar-refractivity contribution in [3.63, 3.8) is 0 Å². The first-order chi connectivity index (χ1) is 15.1. The average Bonchev–Trinajstić information content (AvgIpc) is 2.81. The van der Waals surface area contributed by atoms with E-state index in [2.05, 4.69) is 22.8 Å². The molecular weight excluding hydrogens is 394 g/mol. The fraction of sp³-hybridized carbons (Fsp3) is 0.625. The standard InChI is InChI=1S/C24H37N3O4/c1-5-27(20-9-7-6-8-10-20)22(28)18-26-15-13-25(14-16-26)17-19-11-12-21(29-2)24(31-4)23(19)30-3/h9,11-12H,5-8,10,13-18H2,1-4H3. The number of hydrogen-bond acceptors (Lipinski definition) is 6. The molecule has 1 heterocycles. The molecule has 3 rings (SSSR count). The highest BCUT2D eigenvalue weighted by Gasteiger charge is 2.25. The molecule has 172 valence electrons. The maximum Gasteiger partial charge on any atom is 0.240 e. The second-order valence-electron chi connectivity index (χ2n) is 8.12. The first kappa shape index (κ1) is 23.4. The van der Waals surface area contributed by atoms with Crippen molar-refractivity contribution in [2.24, 2.45) is 0 Å². The van der Waals surface area contributed by atoms with Gasteiger partial charge >= 0.3 is 0 Å². The zero-order valence-electron chi connectivity index (χ0n) is 19.5.